The summed E-state index contributed by atoms with van der Waals surface area (Å²) in [6.45, 7) is 0.606. The summed E-state index contributed by atoms with van der Waals surface area (Å²) in [6, 6.07) is 7.45. The van der Waals surface area contributed by atoms with Crippen molar-refractivity contribution in [2.24, 2.45) is 0 Å². The van der Waals surface area contributed by atoms with Gasteiger partial charge in [-0.15, -0.1) is 0 Å². The van der Waals surface area contributed by atoms with E-state index in [0.29, 0.717) is 6.61 Å². The Kier molecular flexibility index (Phi) is 3.16. The molecule has 0 fully saturated rings. The van der Waals surface area contributed by atoms with Crippen LogP contribution >= 0.6 is 0 Å². The summed E-state index contributed by atoms with van der Waals surface area (Å²) < 4.78 is 11.0. The normalized spacial score (nSPS) is 10.6. The van der Waals surface area contributed by atoms with Gasteiger partial charge in [0.1, 0.15) is 6.61 Å². The van der Waals surface area contributed by atoms with Crippen molar-refractivity contribution in [1.29, 1.82) is 0 Å². The molecular formula is C11H12N2O3. The first kappa shape index (κ1) is 10.6. The molecule has 1 aromatic carbocycles. The minimum Gasteiger partial charge on any atom is -0.445 e. The highest BCUT2D eigenvalue weighted by molar-refractivity contribution is 5.87. The van der Waals surface area contributed by atoms with Crippen LogP contribution in [0, 0.1) is 0 Å². The van der Waals surface area contributed by atoms with E-state index in [4.69, 9.17) is 9.47 Å². The molecule has 0 bridgehead atoms. The molecule has 0 unspecified atom stereocenters. The smallest absolute Gasteiger partial charge is 0.435 e. The number of hydrogen-bond acceptors (Lipinski definition) is 4. The number of rotatable bonds is 3. The SMILES string of the molecule is COCCOC(=O)n1ncc2ccccc21. The molecule has 0 N–H and O–H groups in total. The molecule has 0 aliphatic heterocycles. The summed E-state index contributed by atoms with van der Waals surface area (Å²) in [7, 11) is 1.55. The lowest BCUT2D eigenvalue weighted by Gasteiger charge is -2.04. The Morgan fingerprint density at radius 3 is 3.00 bits per heavy atom. The monoisotopic (exact) mass is 220 g/mol. The average molecular weight is 220 g/mol. The number of benzene rings is 1. The summed E-state index contributed by atoms with van der Waals surface area (Å²) in [5.74, 6) is 0. The first-order chi connectivity index (χ1) is 7.83. The molecular weight excluding hydrogens is 208 g/mol. The van der Waals surface area contributed by atoms with Crippen LogP contribution in [-0.2, 0) is 9.47 Å². The predicted molar refractivity (Wildman–Crippen MR) is 58.4 cm³/mol. The third-order valence-electron chi connectivity index (χ3n) is 2.16. The van der Waals surface area contributed by atoms with Crippen LogP contribution in [-0.4, -0.2) is 36.2 Å². The van der Waals surface area contributed by atoms with Crippen LogP contribution in [0.25, 0.3) is 10.9 Å². The lowest BCUT2D eigenvalue weighted by Crippen LogP contribution is -2.17. The van der Waals surface area contributed by atoms with Gasteiger partial charge in [-0.05, 0) is 6.07 Å². The molecule has 0 aliphatic carbocycles. The number of para-hydroxylation sites is 1. The van der Waals surface area contributed by atoms with Crippen molar-refractivity contribution in [3.63, 3.8) is 0 Å². The van der Waals surface area contributed by atoms with Crippen LogP contribution in [0.3, 0.4) is 0 Å². The number of carbonyl (C=O) groups is 1. The quantitative estimate of drug-likeness (QED) is 0.738. The van der Waals surface area contributed by atoms with E-state index in [1.54, 1.807) is 13.3 Å². The number of carbonyl (C=O) groups excluding carboxylic acids is 1. The van der Waals surface area contributed by atoms with Gasteiger partial charge < -0.3 is 9.47 Å². The van der Waals surface area contributed by atoms with E-state index in [2.05, 4.69) is 5.10 Å². The highest BCUT2D eigenvalue weighted by Crippen LogP contribution is 2.12. The van der Waals surface area contributed by atoms with Gasteiger partial charge in [0.2, 0.25) is 0 Å². The van der Waals surface area contributed by atoms with E-state index in [1.165, 1.54) is 4.68 Å². The molecule has 16 heavy (non-hydrogen) atoms. The average Bonchev–Trinajstić information content (AvgIpc) is 2.73. The minimum absolute atomic E-state index is 0.226. The van der Waals surface area contributed by atoms with E-state index < -0.39 is 6.09 Å². The molecule has 0 saturated carbocycles. The molecule has 0 radical (unpaired) electrons. The molecule has 5 nitrogen and oxygen atoms in total. The Balaban J connectivity index is 2.17. The Morgan fingerprint density at radius 2 is 2.19 bits per heavy atom. The van der Waals surface area contributed by atoms with E-state index in [9.17, 15) is 4.79 Å². The van der Waals surface area contributed by atoms with E-state index in [1.807, 2.05) is 24.3 Å². The van der Waals surface area contributed by atoms with Crippen molar-refractivity contribution in [2.45, 2.75) is 0 Å². The number of nitrogens with zero attached hydrogens (tertiary/aromatic N) is 2. The van der Waals surface area contributed by atoms with Crippen LogP contribution in [0.2, 0.25) is 0 Å². The van der Waals surface area contributed by atoms with E-state index in [-0.39, 0.29) is 6.61 Å². The van der Waals surface area contributed by atoms with Crippen LogP contribution in [0.15, 0.2) is 30.5 Å². The Bertz CT molecular complexity index is 493. The van der Waals surface area contributed by atoms with Gasteiger partial charge in [0.15, 0.2) is 0 Å². The molecule has 1 aromatic heterocycles. The first-order valence-corrected chi connectivity index (χ1v) is 4.92. The standard InChI is InChI=1S/C11H12N2O3/c1-15-6-7-16-11(14)13-10-5-3-2-4-9(10)8-12-13/h2-5,8H,6-7H2,1H3. The van der Waals surface area contributed by atoms with Crippen LogP contribution in [0.4, 0.5) is 4.79 Å². The first-order valence-electron chi connectivity index (χ1n) is 4.92. The van der Waals surface area contributed by atoms with Gasteiger partial charge >= 0.3 is 6.09 Å². The second-order valence-corrected chi connectivity index (χ2v) is 3.22. The molecule has 0 spiro atoms. The van der Waals surface area contributed by atoms with Gasteiger partial charge in [-0.1, -0.05) is 18.2 Å². The molecule has 2 aromatic rings. The molecule has 0 atom stereocenters. The summed E-state index contributed by atoms with van der Waals surface area (Å²) in [6.07, 6.45) is 1.14. The van der Waals surface area contributed by atoms with Gasteiger partial charge in [0.05, 0.1) is 18.3 Å². The highest BCUT2D eigenvalue weighted by atomic mass is 16.6. The van der Waals surface area contributed by atoms with Crippen LogP contribution < -0.4 is 0 Å². The third-order valence-corrected chi connectivity index (χ3v) is 2.16. The zero-order chi connectivity index (χ0) is 11.4. The number of fused-ring (bicyclic) bond motifs is 1. The molecule has 84 valence electrons. The molecule has 0 amide bonds. The fourth-order valence-corrected chi connectivity index (χ4v) is 1.39. The maximum absolute atomic E-state index is 11.6. The number of methoxy groups -OCH3 is 1. The van der Waals surface area contributed by atoms with E-state index >= 15 is 0 Å². The second kappa shape index (κ2) is 4.76. The van der Waals surface area contributed by atoms with Gasteiger partial charge in [-0.25, -0.2) is 4.79 Å². The lowest BCUT2D eigenvalue weighted by molar-refractivity contribution is 0.0982. The largest absolute Gasteiger partial charge is 0.445 e. The Hall–Kier alpha value is -1.88. The Morgan fingerprint density at radius 1 is 1.38 bits per heavy atom. The Labute approximate surface area is 92.6 Å². The lowest BCUT2D eigenvalue weighted by atomic mass is 10.3. The molecule has 5 heteroatoms. The molecule has 0 aliphatic rings. The summed E-state index contributed by atoms with van der Waals surface area (Å²) in [4.78, 5) is 11.6. The van der Waals surface area contributed by atoms with Crippen molar-refractivity contribution in [3.05, 3.63) is 30.5 Å². The summed E-state index contributed by atoms with van der Waals surface area (Å²) >= 11 is 0. The van der Waals surface area contributed by atoms with E-state index in [0.717, 1.165) is 10.9 Å². The maximum atomic E-state index is 11.6. The third kappa shape index (κ3) is 2.04. The molecule has 2 rings (SSSR count). The zero-order valence-electron chi connectivity index (χ0n) is 8.92. The van der Waals surface area contributed by atoms with Crippen molar-refractivity contribution >= 4 is 17.0 Å². The van der Waals surface area contributed by atoms with Crippen molar-refractivity contribution < 1.29 is 14.3 Å². The highest BCUT2D eigenvalue weighted by Gasteiger charge is 2.10. The zero-order valence-corrected chi connectivity index (χ0v) is 8.92. The number of ether oxygens (including phenoxy) is 2. The van der Waals surface area contributed by atoms with Crippen molar-refractivity contribution in [2.75, 3.05) is 20.3 Å². The molecule has 1 heterocycles. The van der Waals surface area contributed by atoms with Gasteiger partial charge in [-0.2, -0.15) is 9.78 Å². The minimum atomic E-state index is -0.488. The van der Waals surface area contributed by atoms with Crippen LogP contribution in [0.5, 0.6) is 0 Å². The van der Waals surface area contributed by atoms with Gasteiger partial charge in [0.25, 0.3) is 0 Å². The van der Waals surface area contributed by atoms with Gasteiger partial charge in [-0.3, -0.25) is 0 Å². The predicted octanol–water partition coefficient (Wildman–Crippen LogP) is 1.67. The summed E-state index contributed by atoms with van der Waals surface area (Å²) in [5.41, 5.74) is 0.741. The fourth-order valence-electron chi connectivity index (χ4n) is 1.39. The maximum Gasteiger partial charge on any atom is 0.435 e. The fraction of sp³-hybridized carbons (Fsp3) is 0.273. The van der Waals surface area contributed by atoms with Crippen LogP contribution in [0.1, 0.15) is 0 Å². The second-order valence-electron chi connectivity index (χ2n) is 3.22. The van der Waals surface area contributed by atoms with Crippen molar-refractivity contribution in [1.82, 2.24) is 9.78 Å². The molecule has 0 saturated heterocycles. The summed E-state index contributed by atoms with van der Waals surface area (Å²) in [5, 5.41) is 4.88. The van der Waals surface area contributed by atoms with Crippen molar-refractivity contribution in [3.8, 4) is 0 Å². The topological polar surface area (TPSA) is 53.4 Å². The number of hydrogen-bond donors (Lipinski definition) is 0. The number of aromatic nitrogens is 2. The van der Waals surface area contributed by atoms with Gasteiger partial charge in [0, 0.05) is 12.5 Å².